The van der Waals surface area contributed by atoms with E-state index in [0.717, 1.165) is 36.2 Å². The molecule has 1 aromatic heterocycles. The summed E-state index contributed by atoms with van der Waals surface area (Å²) < 4.78 is 16.8. The Morgan fingerprint density at radius 1 is 1.39 bits per heavy atom. The summed E-state index contributed by atoms with van der Waals surface area (Å²) in [5.74, 6) is 0.904. The summed E-state index contributed by atoms with van der Waals surface area (Å²) in [7, 11) is 1.97. The van der Waals surface area contributed by atoms with E-state index >= 15 is 0 Å². The number of hydrogen-bond donors (Lipinski definition) is 1. The van der Waals surface area contributed by atoms with Gasteiger partial charge < -0.3 is 19.0 Å². The molecular formula is C18H25NO4. The molecule has 1 aromatic carbocycles. The van der Waals surface area contributed by atoms with E-state index in [0.29, 0.717) is 26.3 Å². The van der Waals surface area contributed by atoms with Crippen LogP contribution in [0.15, 0.2) is 34.7 Å². The number of para-hydroxylation sites is 1. The number of nitrogens with zero attached hydrogens (tertiary/aromatic N) is 1. The van der Waals surface area contributed by atoms with E-state index in [9.17, 15) is 5.11 Å². The van der Waals surface area contributed by atoms with E-state index < -0.39 is 6.10 Å². The van der Waals surface area contributed by atoms with Gasteiger partial charge >= 0.3 is 0 Å². The van der Waals surface area contributed by atoms with Gasteiger partial charge in [-0.3, -0.25) is 4.90 Å². The first kappa shape index (κ1) is 16.5. The second kappa shape index (κ2) is 7.93. The van der Waals surface area contributed by atoms with Crippen LogP contribution in [0, 0.1) is 0 Å². The van der Waals surface area contributed by atoms with Gasteiger partial charge in [0.15, 0.2) is 0 Å². The third-order valence-electron chi connectivity index (χ3n) is 4.06. The summed E-state index contributed by atoms with van der Waals surface area (Å²) in [6.07, 6.45) is 1.86. The highest BCUT2D eigenvalue weighted by Crippen LogP contribution is 2.19. The Hall–Kier alpha value is -1.40. The van der Waals surface area contributed by atoms with Crippen molar-refractivity contribution in [3.8, 4) is 0 Å². The molecule has 5 heteroatoms. The van der Waals surface area contributed by atoms with Crippen molar-refractivity contribution < 1.29 is 19.0 Å². The highest BCUT2D eigenvalue weighted by molar-refractivity contribution is 5.77. The van der Waals surface area contributed by atoms with Gasteiger partial charge in [-0.25, -0.2) is 0 Å². The molecule has 2 atom stereocenters. The summed E-state index contributed by atoms with van der Waals surface area (Å²) in [6.45, 7) is 2.95. The predicted octanol–water partition coefficient (Wildman–Crippen LogP) is 2.42. The van der Waals surface area contributed by atoms with Gasteiger partial charge in [0.25, 0.3) is 0 Å². The molecule has 23 heavy (non-hydrogen) atoms. The van der Waals surface area contributed by atoms with Gasteiger partial charge in [0, 0.05) is 18.5 Å². The first-order valence-corrected chi connectivity index (χ1v) is 8.24. The fourth-order valence-corrected chi connectivity index (χ4v) is 2.97. The molecule has 1 fully saturated rings. The van der Waals surface area contributed by atoms with Crippen LogP contribution in [-0.2, 0) is 16.0 Å². The Labute approximate surface area is 136 Å². The number of furan rings is 1. The van der Waals surface area contributed by atoms with Crippen LogP contribution in [0.2, 0.25) is 0 Å². The van der Waals surface area contributed by atoms with Crippen LogP contribution in [0.4, 0.5) is 0 Å². The first-order chi connectivity index (χ1) is 11.2. The number of rotatable bonds is 8. The summed E-state index contributed by atoms with van der Waals surface area (Å²) >= 11 is 0. The lowest BCUT2D eigenvalue weighted by Gasteiger charge is -2.20. The zero-order valence-corrected chi connectivity index (χ0v) is 13.6. The Morgan fingerprint density at radius 2 is 2.26 bits per heavy atom. The molecule has 126 valence electrons. The molecule has 1 saturated heterocycles. The van der Waals surface area contributed by atoms with E-state index in [1.54, 1.807) is 0 Å². The van der Waals surface area contributed by atoms with Crippen LogP contribution in [0.25, 0.3) is 11.0 Å². The number of fused-ring (bicyclic) bond motifs is 1. The lowest BCUT2D eigenvalue weighted by Crippen LogP contribution is -2.32. The van der Waals surface area contributed by atoms with Crippen molar-refractivity contribution in [1.29, 1.82) is 0 Å². The minimum absolute atomic E-state index is 0.204. The number of likely N-dealkylation sites (N-methyl/N-ethyl adjacent to an activating group) is 1. The van der Waals surface area contributed by atoms with E-state index in [1.807, 2.05) is 42.3 Å². The van der Waals surface area contributed by atoms with E-state index in [4.69, 9.17) is 13.9 Å². The molecule has 0 saturated carbocycles. The maximum absolute atomic E-state index is 10.1. The Kier molecular flexibility index (Phi) is 5.67. The Morgan fingerprint density at radius 3 is 3.04 bits per heavy atom. The highest BCUT2D eigenvalue weighted by atomic mass is 16.5. The molecule has 1 N–H and O–H groups in total. The molecule has 2 heterocycles. The van der Waals surface area contributed by atoms with Gasteiger partial charge in [-0.2, -0.15) is 0 Å². The first-order valence-electron chi connectivity index (χ1n) is 8.24. The quantitative estimate of drug-likeness (QED) is 0.810. The van der Waals surface area contributed by atoms with Gasteiger partial charge in [-0.05, 0) is 32.0 Å². The number of aliphatic hydroxyl groups excluding tert-OH is 1. The Balaban J connectivity index is 1.40. The molecule has 2 unspecified atom stereocenters. The average Bonchev–Trinajstić information content (AvgIpc) is 3.15. The van der Waals surface area contributed by atoms with E-state index in [2.05, 4.69) is 0 Å². The van der Waals surface area contributed by atoms with Crippen LogP contribution in [-0.4, -0.2) is 55.6 Å². The van der Waals surface area contributed by atoms with Gasteiger partial charge in [0.1, 0.15) is 11.3 Å². The van der Waals surface area contributed by atoms with Gasteiger partial charge in [0.05, 0.1) is 32.0 Å². The minimum Gasteiger partial charge on any atom is -0.460 e. The van der Waals surface area contributed by atoms with Crippen molar-refractivity contribution in [1.82, 2.24) is 4.90 Å². The standard InChI is InChI=1S/C18H25NO4/c1-19(10-15(20)12-21-13-16-6-4-8-22-16)11-17-9-14-5-2-3-7-18(14)23-17/h2-3,5,7,9,15-16,20H,4,6,8,10-13H2,1H3. The molecule has 0 amide bonds. The smallest absolute Gasteiger partial charge is 0.134 e. The monoisotopic (exact) mass is 319 g/mol. The third-order valence-corrected chi connectivity index (χ3v) is 4.06. The summed E-state index contributed by atoms with van der Waals surface area (Å²) in [5.41, 5.74) is 0.899. The second-order valence-electron chi connectivity index (χ2n) is 6.27. The maximum atomic E-state index is 10.1. The van der Waals surface area contributed by atoms with Gasteiger partial charge in [-0.1, -0.05) is 18.2 Å². The second-order valence-corrected chi connectivity index (χ2v) is 6.27. The maximum Gasteiger partial charge on any atom is 0.134 e. The molecule has 0 bridgehead atoms. The lowest BCUT2D eigenvalue weighted by molar-refractivity contribution is -0.0241. The molecule has 3 rings (SSSR count). The number of ether oxygens (including phenoxy) is 2. The fourth-order valence-electron chi connectivity index (χ4n) is 2.97. The molecule has 0 radical (unpaired) electrons. The van der Waals surface area contributed by atoms with Crippen molar-refractivity contribution in [2.45, 2.75) is 31.6 Å². The van der Waals surface area contributed by atoms with Crippen molar-refractivity contribution in [2.75, 3.05) is 33.4 Å². The molecular weight excluding hydrogens is 294 g/mol. The zero-order chi connectivity index (χ0) is 16.1. The number of hydrogen-bond acceptors (Lipinski definition) is 5. The Bertz CT molecular complexity index is 573. The van der Waals surface area contributed by atoms with Crippen molar-refractivity contribution in [3.05, 3.63) is 36.1 Å². The SMILES string of the molecule is CN(Cc1cc2ccccc2o1)CC(O)COCC1CCCO1. The third kappa shape index (κ3) is 4.78. The van der Waals surface area contributed by atoms with Gasteiger partial charge in [0.2, 0.25) is 0 Å². The van der Waals surface area contributed by atoms with Crippen molar-refractivity contribution in [3.63, 3.8) is 0 Å². The van der Waals surface area contributed by atoms with Crippen molar-refractivity contribution in [2.24, 2.45) is 0 Å². The predicted molar refractivity (Wildman–Crippen MR) is 88.3 cm³/mol. The topological polar surface area (TPSA) is 55.1 Å². The molecule has 5 nitrogen and oxygen atoms in total. The fraction of sp³-hybridized carbons (Fsp3) is 0.556. The lowest BCUT2D eigenvalue weighted by atomic mass is 10.2. The van der Waals surface area contributed by atoms with Crippen LogP contribution >= 0.6 is 0 Å². The molecule has 1 aliphatic rings. The van der Waals surface area contributed by atoms with Crippen LogP contribution in [0.1, 0.15) is 18.6 Å². The van der Waals surface area contributed by atoms with Crippen LogP contribution in [0.5, 0.6) is 0 Å². The molecule has 0 aliphatic carbocycles. The van der Waals surface area contributed by atoms with Gasteiger partial charge in [-0.15, -0.1) is 0 Å². The number of aliphatic hydroxyl groups is 1. The van der Waals surface area contributed by atoms with E-state index in [-0.39, 0.29) is 6.10 Å². The van der Waals surface area contributed by atoms with Crippen molar-refractivity contribution >= 4 is 11.0 Å². The minimum atomic E-state index is -0.509. The molecule has 0 spiro atoms. The van der Waals surface area contributed by atoms with E-state index in [1.165, 1.54) is 0 Å². The largest absolute Gasteiger partial charge is 0.460 e. The summed E-state index contributed by atoms with van der Waals surface area (Å²) in [5, 5.41) is 11.2. The molecule has 1 aliphatic heterocycles. The average molecular weight is 319 g/mol. The highest BCUT2D eigenvalue weighted by Gasteiger charge is 2.17. The number of benzene rings is 1. The zero-order valence-electron chi connectivity index (χ0n) is 13.6. The molecule has 2 aromatic rings. The van der Waals surface area contributed by atoms with Crippen LogP contribution < -0.4 is 0 Å². The summed E-state index contributed by atoms with van der Waals surface area (Å²) in [6, 6.07) is 10.0. The summed E-state index contributed by atoms with van der Waals surface area (Å²) in [4.78, 5) is 2.04. The van der Waals surface area contributed by atoms with Crippen LogP contribution in [0.3, 0.4) is 0 Å². The normalized spacial score (nSPS) is 19.7.